The van der Waals surface area contributed by atoms with Crippen LogP contribution in [0.1, 0.15) is 27.0 Å². The smallest absolute Gasteiger partial charge is 0.227 e. The summed E-state index contributed by atoms with van der Waals surface area (Å²) in [5, 5.41) is 1.77. The summed E-state index contributed by atoms with van der Waals surface area (Å²) in [6.45, 7) is 4.08. The van der Waals surface area contributed by atoms with E-state index in [1.54, 1.807) is 0 Å². The third-order valence-electron chi connectivity index (χ3n) is 5.12. The highest BCUT2D eigenvalue weighted by Gasteiger charge is 2.26. The SMILES string of the molecule is Cc1ccc(Oc2ncc3c4c(cccc24)C(=O)c2ccccc2-3)c(C)c1. The van der Waals surface area contributed by atoms with Crippen LogP contribution in [0.25, 0.3) is 21.9 Å². The molecule has 1 aliphatic carbocycles. The van der Waals surface area contributed by atoms with Crippen LogP contribution in [0.2, 0.25) is 0 Å². The molecular weight excluding hydrogens is 334 g/mol. The van der Waals surface area contributed by atoms with Crippen LogP contribution in [-0.4, -0.2) is 10.8 Å². The van der Waals surface area contributed by atoms with E-state index in [2.05, 4.69) is 18.0 Å². The lowest BCUT2D eigenvalue weighted by atomic mass is 9.84. The minimum absolute atomic E-state index is 0.0485. The third kappa shape index (κ3) is 2.36. The average molecular weight is 351 g/mol. The molecule has 0 amide bonds. The van der Waals surface area contributed by atoms with Gasteiger partial charge in [-0.25, -0.2) is 4.98 Å². The Morgan fingerprint density at radius 2 is 1.59 bits per heavy atom. The maximum absolute atomic E-state index is 13.0. The molecule has 0 aliphatic heterocycles. The van der Waals surface area contributed by atoms with Crippen molar-refractivity contribution in [2.75, 3.05) is 0 Å². The summed E-state index contributed by atoms with van der Waals surface area (Å²) >= 11 is 0. The molecule has 0 N–H and O–H groups in total. The summed E-state index contributed by atoms with van der Waals surface area (Å²) in [5.41, 5.74) is 5.57. The molecule has 0 spiro atoms. The molecule has 4 aromatic rings. The highest BCUT2D eigenvalue weighted by Crippen LogP contribution is 2.42. The molecule has 1 aromatic heterocycles. The van der Waals surface area contributed by atoms with Crippen LogP contribution in [-0.2, 0) is 0 Å². The molecule has 5 rings (SSSR count). The van der Waals surface area contributed by atoms with E-state index >= 15 is 0 Å². The van der Waals surface area contributed by atoms with Gasteiger partial charge < -0.3 is 4.74 Å². The summed E-state index contributed by atoms with van der Waals surface area (Å²) in [5.74, 6) is 1.35. The van der Waals surface area contributed by atoms with Gasteiger partial charge in [0.1, 0.15) is 5.75 Å². The lowest BCUT2D eigenvalue weighted by Crippen LogP contribution is -2.10. The maximum atomic E-state index is 13.0. The number of aryl methyl sites for hydroxylation is 2. The number of hydrogen-bond acceptors (Lipinski definition) is 3. The first-order valence-corrected chi connectivity index (χ1v) is 8.94. The zero-order chi connectivity index (χ0) is 18.5. The Kier molecular flexibility index (Phi) is 3.37. The number of aromatic nitrogens is 1. The van der Waals surface area contributed by atoms with E-state index in [0.29, 0.717) is 11.4 Å². The first kappa shape index (κ1) is 15.8. The van der Waals surface area contributed by atoms with Crippen molar-refractivity contribution >= 4 is 16.6 Å². The Balaban J connectivity index is 1.75. The molecule has 3 aromatic carbocycles. The molecule has 1 aliphatic rings. The zero-order valence-electron chi connectivity index (χ0n) is 15.1. The number of carbonyl (C=O) groups is 1. The second-order valence-corrected chi connectivity index (χ2v) is 6.95. The molecule has 1 heterocycles. The minimum atomic E-state index is 0.0485. The molecule has 0 atom stereocenters. The topological polar surface area (TPSA) is 39.2 Å². The highest BCUT2D eigenvalue weighted by molar-refractivity contribution is 6.26. The second-order valence-electron chi connectivity index (χ2n) is 6.95. The van der Waals surface area contributed by atoms with Crippen LogP contribution in [0.5, 0.6) is 11.6 Å². The molecule has 0 saturated heterocycles. The first-order valence-electron chi connectivity index (χ1n) is 8.94. The van der Waals surface area contributed by atoms with Gasteiger partial charge in [-0.05, 0) is 37.1 Å². The number of carbonyl (C=O) groups excluding carboxylic acids is 1. The van der Waals surface area contributed by atoms with Gasteiger partial charge in [0.2, 0.25) is 5.88 Å². The quantitative estimate of drug-likeness (QED) is 0.400. The minimum Gasteiger partial charge on any atom is -0.438 e. The van der Waals surface area contributed by atoms with Crippen molar-refractivity contribution in [1.82, 2.24) is 4.98 Å². The summed E-state index contributed by atoms with van der Waals surface area (Å²) in [6.07, 6.45) is 1.82. The Morgan fingerprint density at radius 3 is 2.41 bits per heavy atom. The van der Waals surface area contributed by atoms with Gasteiger partial charge in [0.25, 0.3) is 0 Å². The van der Waals surface area contributed by atoms with Crippen molar-refractivity contribution in [1.29, 1.82) is 0 Å². The Morgan fingerprint density at radius 1 is 0.815 bits per heavy atom. The van der Waals surface area contributed by atoms with Crippen molar-refractivity contribution in [2.45, 2.75) is 13.8 Å². The summed E-state index contributed by atoms with van der Waals surface area (Å²) in [6, 6.07) is 19.5. The first-order chi connectivity index (χ1) is 13.1. The fourth-order valence-electron chi connectivity index (χ4n) is 3.83. The predicted octanol–water partition coefficient (Wildman–Crippen LogP) is 5.86. The van der Waals surface area contributed by atoms with Gasteiger partial charge in [0, 0.05) is 33.7 Å². The standard InChI is InChI=1S/C24H17NO2/c1-14-10-11-21(15(2)12-14)27-24-19-9-5-8-18-22(19)20(13-25-24)16-6-3-4-7-17(16)23(18)26/h3-13H,1-2H3. The normalized spacial score (nSPS) is 12.1. The molecular formula is C24H17NO2. The van der Waals surface area contributed by atoms with E-state index in [4.69, 9.17) is 4.74 Å². The molecule has 0 saturated carbocycles. The van der Waals surface area contributed by atoms with Gasteiger partial charge in [0.05, 0.1) is 0 Å². The molecule has 0 unspecified atom stereocenters. The van der Waals surface area contributed by atoms with Crippen LogP contribution in [0.4, 0.5) is 0 Å². The number of fused-ring (bicyclic) bond motifs is 2. The van der Waals surface area contributed by atoms with Crippen LogP contribution in [0.3, 0.4) is 0 Å². The number of ether oxygens (including phenoxy) is 1. The van der Waals surface area contributed by atoms with Crippen LogP contribution in [0, 0.1) is 13.8 Å². The number of ketones is 1. The third-order valence-corrected chi connectivity index (χ3v) is 5.12. The zero-order valence-corrected chi connectivity index (χ0v) is 15.1. The number of benzene rings is 3. The summed E-state index contributed by atoms with van der Waals surface area (Å²) in [7, 11) is 0. The summed E-state index contributed by atoms with van der Waals surface area (Å²) in [4.78, 5) is 17.6. The lowest BCUT2D eigenvalue weighted by Gasteiger charge is -2.20. The van der Waals surface area contributed by atoms with E-state index in [0.717, 1.165) is 38.8 Å². The van der Waals surface area contributed by atoms with Gasteiger partial charge in [-0.15, -0.1) is 0 Å². The Hall–Kier alpha value is -3.46. The van der Waals surface area contributed by atoms with E-state index in [1.165, 1.54) is 5.56 Å². The molecule has 3 nitrogen and oxygen atoms in total. The summed E-state index contributed by atoms with van der Waals surface area (Å²) < 4.78 is 6.16. The lowest BCUT2D eigenvalue weighted by molar-refractivity contribution is 0.104. The molecule has 0 bridgehead atoms. The van der Waals surface area contributed by atoms with Gasteiger partial charge in [-0.3, -0.25) is 4.79 Å². The predicted molar refractivity (Wildman–Crippen MR) is 107 cm³/mol. The van der Waals surface area contributed by atoms with Gasteiger partial charge >= 0.3 is 0 Å². The monoisotopic (exact) mass is 351 g/mol. The van der Waals surface area contributed by atoms with Crippen molar-refractivity contribution in [2.24, 2.45) is 0 Å². The van der Waals surface area contributed by atoms with Gasteiger partial charge in [0.15, 0.2) is 5.78 Å². The van der Waals surface area contributed by atoms with Crippen molar-refractivity contribution < 1.29 is 9.53 Å². The van der Waals surface area contributed by atoms with Crippen LogP contribution in [0.15, 0.2) is 66.9 Å². The fourth-order valence-corrected chi connectivity index (χ4v) is 3.83. The van der Waals surface area contributed by atoms with Crippen molar-refractivity contribution in [3.63, 3.8) is 0 Å². The van der Waals surface area contributed by atoms with Crippen molar-refractivity contribution in [3.05, 3.63) is 89.1 Å². The average Bonchev–Trinajstić information content (AvgIpc) is 2.69. The molecule has 0 fully saturated rings. The fraction of sp³-hybridized carbons (Fsp3) is 0.0833. The highest BCUT2D eigenvalue weighted by atomic mass is 16.5. The molecule has 3 heteroatoms. The van der Waals surface area contributed by atoms with Crippen LogP contribution < -0.4 is 4.74 Å². The maximum Gasteiger partial charge on any atom is 0.227 e. The number of pyridine rings is 1. The number of rotatable bonds is 2. The second kappa shape index (κ2) is 5.78. The molecule has 0 radical (unpaired) electrons. The van der Waals surface area contributed by atoms with Gasteiger partial charge in [-0.2, -0.15) is 0 Å². The van der Waals surface area contributed by atoms with E-state index in [9.17, 15) is 4.79 Å². The van der Waals surface area contributed by atoms with E-state index in [1.807, 2.05) is 67.7 Å². The largest absolute Gasteiger partial charge is 0.438 e. The molecule has 27 heavy (non-hydrogen) atoms. The van der Waals surface area contributed by atoms with Gasteiger partial charge in [-0.1, -0.05) is 54.1 Å². The molecule has 130 valence electrons. The van der Waals surface area contributed by atoms with E-state index in [-0.39, 0.29) is 5.78 Å². The number of nitrogens with zero attached hydrogens (tertiary/aromatic N) is 1. The van der Waals surface area contributed by atoms with E-state index < -0.39 is 0 Å². The van der Waals surface area contributed by atoms with Crippen LogP contribution >= 0.6 is 0 Å². The Bertz CT molecular complexity index is 1240. The Labute approximate surface area is 157 Å². The number of hydrogen-bond donors (Lipinski definition) is 0. The van der Waals surface area contributed by atoms with Crippen molar-refractivity contribution in [3.8, 4) is 22.8 Å².